The van der Waals surface area contributed by atoms with E-state index in [4.69, 9.17) is 6.42 Å². The molecule has 0 aliphatic heterocycles. The lowest BCUT2D eigenvalue weighted by atomic mass is 9.42. The quantitative estimate of drug-likeness (QED) is 0.407. The van der Waals surface area contributed by atoms with Gasteiger partial charge in [-0.15, -0.1) is 6.42 Å². The molecule has 4 aliphatic rings. The van der Waals surface area contributed by atoms with Gasteiger partial charge in [0.15, 0.2) is 0 Å². The van der Waals surface area contributed by atoms with Crippen LogP contribution in [0.15, 0.2) is 66.7 Å². The van der Waals surface area contributed by atoms with Crippen LogP contribution in [0.3, 0.4) is 0 Å². The Morgan fingerprint density at radius 2 is 1.39 bits per heavy atom. The first-order chi connectivity index (χ1) is 17.4. The minimum Gasteiger partial charge on any atom is -0.478 e. The molecule has 3 atom stereocenters. The molecule has 3 unspecified atom stereocenters. The molecule has 180 valence electrons. The van der Waals surface area contributed by atoms with Crippen LogP contribution < -0.4 is 0 Å². The van der Waals surface area contributed by atoms with Crippen molar-refractivity contribution in [1.82, 2.24) is 0 Å². The van der Waals surface area contributed by atoms with Crippen LogP contribution in [0.25, 0.3) is 11.1 Å². The standard InChI is InChI=1S/C32H28O4/c1-2-21-3-8-25(16-28(21)22-4-6-23(7-5-22)30(33)34)29-26-14-19-13-20(15-26)18-32(29,17-19)27-11-9-24(10-12-27)31(35)36/h1,3-12,16,19-20,26,29H,13-15,17-18H2,(H,33,34)(H,35,36). The highest BCUT2D eigenvalue weighted by Crippen LogP contribution is 2.66. The number of aromatic carboxylic acids is 2. The van der Waals surface area contributed by atoms with Crippen LogP contribution in [0.2, 0.25) is 0 Å². The van der Waals surface area contributed by atoms with E-state index in [1.807, 2.05) is 30.3 Å². The van der Waals surface area contributed by atoms with E-state index in [-0.39, 0.29) is 11.0 Å². The van der Waals surface area contributed by atoms with Gasteiger partial charge in [-0.2, -0.15) is 0 Å². The number of carbonyl (C=O) groups is 2. The molecule has 3 aromatic rings. The first-order valence-corrected chi connectivity index (χ1v) is 12.7. The Morgan fingerprint density at radius 3 is 1.94 bits per heavy atom. The van der Waals surface area contributed by atoms with Gasteiger partial charge in [-0.05, 0) is 114 Å². The second kappa shape index (κ2) is 8.38. The third kappa shape index (κ3) is 3.54. The lowest BCUT2D eigenvalue weighted by molar-refractivity contribution is -0.0280. The van der Waals surface area contributed by atoms with Gasteiger partial charge in [0.05, 0.1) is 11.1 Å². The molecule has 0 saturated heterocycles. The van der Waals surface area contributed by atoms with Crippen molar-refractivity contribution in [3.63, 3.8) is 0 Å². The molecule has 3 aromatic carbocycles. The van der Waals surface area contributed by atoms with Crippen LogP contribution >= 0.6 is 0 Å². The fourth-order valence-electron chi connectivity index (χ4n) is 7.90. The summed E-state index contributed by atoms with van der Waals surface area (Å²) < 4.78 is 0. The van der Waals surface area contributed by atoms with E-state index in [2.05, 4.69) is 18.1 Å². The van der Waals surface area contributed by atoms with Crippen molar-refractivity contribution in [3.05, 3.63) is 94.5 Å². The second-order valence-electron chi connectivity index (χ2n) is 11.0. The predicted molar refractivity (Wildman–Crippen MR) is 138 cm³/mol. The van der Waals surface area contributed by atoms with Crippen molar-refractivity contribution in [3.8, 4) is 23.5 Å². The Hall–Kier alpha value is -3.84. The van der Waals surface area contributed by atoms with E-state index in [1.165, 1.54) is 30.4 Å². The molecule has 2 N–H and O–H groups in total. The van der Waals surface area contributed by atoms with Gasteiger partial charge in [0.1, 0.15) is 0 Å². The van der Waals surface area contributed by atoms with Crippen molar-refractivity contribution >= 4 is 11.9 Å². The van der Waals surface area contributed by atoms with Crippen LogP contribution in [-0.2, 0) is 5.41 Å². The molecule has 0 aromatic heterocycles. The SMILES string of the molecule is C#Cc1ccc(C2C3CC4CC(C3)CC2(c2ccc(C(=O)O)cc2)C4)cc1-c1ccc(C(=O)O)cc1. The molecule has 0 spiro atoms. The minimum absolute atomic E-state index is 0.00607. The van der Waals surface area contributed by atoms with E-state index >= 15 is 0 Å². The minimum atomic E-state index is -0.947. The summed E-state index contributed by atoms with van der Waals surface area (Å²) in [5.41, 5.74) is 5.77. The fourth-order valence-corrected chi connectivity index (χ4v) is 7.90. The molecule has 4 saturated carbocycles. The number of hydrogen-bond donors (Lipinski definition) is 2. The topological polar surface area (TPSA) is 74.6 Å². The van der Waals surface area contributed by atoms with E-state index in [0.717, 1.165) is 41.4 Å². The number of benzene rings is 3. The number of hydrogen-bond acceptors (Lipinski definition) is 2. The molecule has 4 fully saturated rings. The Morgan fingerprint density at radius 1 is 0.806 bits per heavy atom. The first kappa shape index (κ1) is 22.6. The molecular formula is C32H28O4. The van der Waals surface area contributed by atoms with E-state index in [1.54, 1.807) is 24.3 Å². The first-order valence-electron chi connectivity index (χ1n) is 12.7. The van der Waals surface area contributed by atoms with Crippen molar-refractivity contribution in [2.45, 2.75) is 43.4 Å². The monoisotopic (exact) mass is 476 g/mol. The number of carboxylic acids is 2. The molecule has 36 heavy (non-hydrogen) atoms. The molecule has 4 nitrogen and oxygen atoms in total. The summed E-state index contributed by atoms with van der Waals surface area (Å²) in [7, 11) is 0. The van der Waals surface area contributed by atoms with Crippen LogP contribution in [0.5, 0.6) is 0 Å². The summed E-state index contributed by atoms with van der Waals surface area (Å²) in [5.74, 6) is 3.35. The fraction of sp³-hybridized carbons (Fsp3) is 0.312. The van der Waals surface area contributed by atoms with Crippen molar-refractivity contribution in [2.75, 3.05) is 0 Å². The Labute approximate surface area is 211 Å². The maximum absolute atomic E-state index is 11.5. The molecule has 4 bridgehead atoms. The molecule has 4 heteroatoms. The third-order valence-corrected chi connectivity index (χ3v) is 9.02. The average molecular weight is 477 g/mol. The van der Waals surface area contributed by atoms with Crippen LogP contribution in [-0.4, -0.2) is 22.2 Å². The van der Waals surface area contributed by atoms with E-state index < -0.39 is 11.9 Å². The van der Waals surface area contributed by atoms with Crippen LogP contribution in [0.4, 0.5) is 0 Å². The van der Waals surface area contributed by atoms with Gasteiger partial charge >= 0.3 is 11.9 Å². The summed E-state index contributed by atoms with van der Waals surface area (Å²) >= 11 is 0. The maximum Gasteiger partial charge on any atom is 0.335 e. The zero-order chi connectivity index (χ0) is 25.0. The van der Waals surface area contributed by atoms with Gasteiger partial charge in [-0.3, -0.25) is 0 Å². The van der Waals surface area contributed by atoms with Crippen molar-refractivity contribution < 1.29 is 19.8 Å². The van der Waals surface area contributed by atoms with Crippen molar-refractivity contribution in [1.29, 1.82) is 0 Å². The lowest BCUT2D eigenvalue weighted by Gasteiger charge is -2.62. The zero-order valence-electron chi connectivity index (χ0n) is 20.0. The molecule has 0 radical (unpaired) electrons. The van der Waals surface area contributed by atoms with Gasteiger partial charge in [0.2, 0.25) is 0 Å². The summed E-state index contributed by atoms with van der Waals surface area (Å²) in [4.78, 5) is 22.8. The molecule has 7 rings (SSSR count). The summed E-state index contributed by atoms with van der Waals surface area (Å²) in [6.45, 7) is 0. The summed E-state index contributed by atoms with van der Waals surface area (Å²) in [6.07, 6.45) is 12.0. The number of rotatable bonds is 5. The Kier molecular flexibility index (Phi) is 5.26. The van der Waals surface area contributed by atoms with Gasteiger partial charge in [-0.1, -0.05) is 36.3 Å². The highest BCUT2D eigenvalue weighted by atomic mass is 16.4. The maximum atomic E-state index is 11.5. The number of terminal acetylenes is 1. The van der Waals surface area contributed by atoms with Gasteiger partial charge in [0.25, 0.3) is 0 Å². The number of carboxylic acid groups (broad SMARTS) is 2. The van der Waals surface area contributed by atoms with Crippen molar-refractivity contribution in [2.24, 2.45) is 17.8 Å². The molecule has 4 aliphatic carbocycles. The second-order valence-corrected chi connectivity index (χ2v) is 11.0. The van der Waals surface area contributed by atoms with E-state index in [0.29, 0.717) is 17.4 Å². The zero-order valence-corrected chi connectivity index (χ0v) is 20.0. The molecule has 0 amide bonds. The summed E-state index contributed by atoms with van der Waals surface area (Å²) in [6, 6.07) is 21.0. The Bertz CT molecular complexity index is 1380. The molecule has 0 heterocycles. The highest BCUT2D eigenvalue weighted by Gasteiger charge is 2.58. The van der Waals surface area contributed by atoms with E-state index in [9.17, 15) is 19.8 Å². The van der Waals surface area contributed by atoms with Crippen LogP contribution in [0, 0.1) is 30.1 Å². The lowest BCUT2D eigenvalue weighted by Crippen LogP contribution is -2.53. The highest BCUT2D eigenvalue weighted by molar-refractivity contribution is 5.89. The predicted octanol–water partition coefficient (Wildman–Crippen LogP) is 6.59. The largest absolute Gasteiger partial charge is 0.478 e. The van der Waals surface area contributed by atoms with Gasteiger partial charge < -0.3 is 10.2 Å². The average Bonchev–Trinajstić information content (AvgIpc) is 2.88. The van der Waals surface area contributed by atoms with Gasteiger partial charge in [0, 0.05) is 11.0 Å². The Balaban J connectivity index is 1.46. The third-order valence-electron chi connectivity index (χ3n) is 9.02. The van der Waals surface area contributed by atoms with Crippen LogP contribution in [0.1, 0.15) is 75.4 Å². The van der Waals surface area contributed by atoms with Gasteiger partial charge in [-0.25, -0.2) is 9.59 Å². The normalized spacial score (nSPS) is 28.0. The molecular weight excluding hydrogens is 448 g/mol. The smallest absolute Gasteiger partial charge is 0.335 e. The summed E-state index contributed by atoms with van der Waals surface area (Å²) in [5, 5.41) is 18.7.